The highest BCUT2D eigenvalue weighted by atomic mass is 35.5. The van der Waals surface area contributed by atoms with E-state index in [1.165, 1.54) is 5.56 Å². The average molecular weight is 394 g/mol. The first kappa shape index (κ1) is 21.7. The molecule has 2 amide bonds. The Hall–Kier alpha value is -1.59. The number of benzene rings is 1. The molecule has 2 unspecified atom stereocenters. The second kappa shape index (κ2) is 8.19. The molecule has 2 aliphatic heterocycles. The topological polar surface area (TPSA) is 66.6 Å². The van der Waals surface area contributed by atoms with E-state index in [0.29, 0.717) is 32.0 Å². The van der Waals surface area contributed by atoms with Gasteiger partial charge >= 0.3 is 0 Å². The van der Waals surface area contributed by atoms with Gasteiger partial charge in [-0.15, -0.1) is 12.4 Å². The smallest absolute Gasteiger partial charge is 0.239 e. The van der Waals surface area contributed by atoms with E-state index in [1.807, 2.05) is 17.0 Å². The Morgan fingerprint density at radius 1 is 1.15 bits per heavy atom. The van der Waals surface area contributed by atoms with E-state index in [-0.39, 0.29) is 35.7 Å². The van der Waals surface area contributed by atoms with E-state index < -0.39 is 5.92 Å². The molecule has 2 atom stereocenters. The summed E-state index contributed by atoms with van der Waals surface area (Å²) in [5.41, 5.74) is 8.20. The standard InChI is InChI=1S/C21H31N3O2.ClH/c1-14(2)15-5-7-16(8-6-15)24-12-9-17(20(24)26)19(25)23-11-10-18(22)21(3,4)13-23;/h5-8,14,17-18H,9-13,22H2,1-4H3;1H. The highest BCUT2D eigenvalue weighted by molar-refractivity contribution is 6.09. The van der Waals surface area contributed by atoms with Gasteiger partial charge in [0.1, 0.15) is 5.92 Å². The lowest BCUT2D eigenvalue weighted by Gasteiger charge is -2.43. The molecular formula is C21H32ClN3O2. The van der Waals surface area contributed by atoms with Gasteiger partial charge in [0.2, 0.25) is 11.8 Å². The molecule has 0 aliphatic carbocycles. The predicted molar refractivity (Wildman–Crippen MR) is 111 cm³/mol. The summed E-state index contributed by atoms with van der Waals surface area (Å²) < 4.78 is 0. The minimum absolute atomic E-state index is 0. The molecule has 2 N–H and O–H groups in total. The highest BCUT2D eigenvalue weighted by Gasteiger charge is 2.43. The van der Waals surface area contributed by atoms with Crippen LogP contribution < -0.4 is 10.6 Å². The first-order valence-electron chi connectivity index (χ1n) is 9.66. The first-order chi connectivity index (χ1) is 12.2. The molecule has 0 radical (unpaired) electrons. The fourth-order valence-electron chi connectivity index (χ4n) is 3.99. The van der Waals surface area contributed by atoms with Gasteiger partial charge in [-0.05, 0) is 41.9 Å². The third-order valence-electron chi connectivity index (χ3n) is 6.00. The fourth-order valence-corrected chi connectivity index (χ4v) is 3.99. The van der Waals surface area contributed by atoms with Crippen molar-refractivity contribution in [2.24, 2.45) is 17.1 Å². The Kier molecular flexibility index (Phi) is 6.59. The van der Waals surface area contributed by atoms with Crippen molar-refractivity contribution in [1.82, 2.24) is 4.90 Å². The number of amides is 2. The zero-order valence-electron chi connectivity index (χ0n) is 16.8. The van der Waals surface area contributed by atoms with Crippen molar-refractivity contribution in [2.75, 3.05) is 24.5 Å². The third-order valence-corrected chi connectivity index (χ3v) is 6.00. The molecule has 6 heteroatoms. The highest BCUT2D eigenvalue weighted by Crippen LogP contribution is 2.32. The maximum absolute atomic E-state index is 13.0. The molecule has 0 spiro atoms. The van der Waals surface area contributed by atoms with Crippen LogP contribution in [-0.4, -0.2) is 42.4 Å². The van der Waals surface area contributed by atoms with Crippen LogP contribution >= 0.6 is 12.4 Å². The van der Waals surface area contributed by atoms with Gasteiger partial charge in [-0.25, -0.2) is 0 Å². The molecule has 3 rings (SSSR count). The van der Waals surface area contributed by atoms with Gasteiger partial charge in [-0.1, -0.05) is 39.8 Å². The van der Waals surface area contributed by atoms with Crippen LogP contribution in [-0.2, 0) is 9.59 Å². The van der Waals surface area contributed by atoms with Crippen LogP contribution in [0.1, 0.15) is 52.0 Å². The number of hydrogen-bond acceptors (Lipinski definition) is 3. The zero-order valence-corrected chi connectivity index (χ0v) is 17.6. The molecule has 0 saturated carbocycles. The molecule has 0 aromatic heterocycles. The maximum Gasteiger partial charge on any atom is 0.239 e. The van der Waals surface area contributed by atoms with Crippen LogP contribution in [0, 0.1) is 11.3 Å². The van der Waals surface area contributed by atoms with Crippen molar-refractivity contribution in [3.63, 3.8) is 0 Å². The lowest BCUT2D eigenvalue weighted by molar-refractivity contribution is -0.142. The van der Waals surface area contributed by atoms with Crippen molar-refractivity contribution < 1.29 is 9.59 Å². The molecule has 0 bridgehead atoms. The molecule has 150 valence electrons. The summed E-state index contributed by atoms with van der Waals surface area (Å²) in [6.45, 7) is 10.4. The van der Waals surface area contributed by atoms with E-state index in [0.717, 1.165) is 12.1 Å². The molecule has 5 nitrogen and oxygen atoms in total. The number of piperidine rings is 1. The number of nitrogens with zero attached hydrogens (tertiary/aromatic N) is 2. The van der Waals surface area contributed by atoms with Gasteiger partial charge in [-0.2, -0.15) is 0 Å². The maximum atomic E-state index is 13.0. The molecule has 27 heavy (non-hydrogen) atoms. The van der Waals surface area contributed by atoms with Crippen molar-refractivity contribution in [2.45, 2.75) is 52.5 Å². The van der Waals surface area contributed by atoms with Gasteiger partial charge in [0, 0.05) is 31.4 Å². The Labute approximate surface area is 168 Å². The number of carbonyl (C=O) groups excluding carboxylic acids is 2. The lowest BCUT2D eigenvalue weighted by Crippen LogP contribution is -2.55. The summed E-state index contributed by atoms with van der Waals surface area (Å²) in [6, 6.07) is 8.21. The summed E-state index contributed by atoms with van der Waals surface area (Å²) in [7, 11) is 0. The van der Waals surface area contributed by atoms with E-state index in [2.05, 4.69) is 39.8 Å². The summed E-state index contributed by atoms with van der Waals surface area (Å²) in [6.07, 6.45) is 1.38. The van der Waals surface area contributed by atoms with E-state index in [4.69, 9.17) is 5.73 Å². The summed E-state index contributed by atoms with van der Waals surface area (Å²) in [4.78, 5) is 29.5. The van der Waals surface area contributed by atoms with E-state index in [9.17, 15) is 9.59 Å². The zero-order chi connectivity index (χ0) is 19.1. The Morgan fingerprint density at radius 3 is 2.33 bits per heavy atom. The molecule has 2 saturated heterocycles. The average Bonchev–Trinajstić information content (AvgIpc) is 2.98. The Balaban J connectivity index is 0.00000261. The molecule has 2 heterocycles. The minimum Gasteiger partial charge on any atom is -0.341 e. The number of nitrogens with two attached hydrogens (primary N) is 1. The first-order valence-corrected chi connectivity index (χ1v) is 9.66. The molecule has 1 aromatic rings. The summed E-state index contributed by atoms with van der Waals surface area (Å²) >= 11 is 0. The van der Waals surface area contributed by atoms with E-state index in [1.54, 1.807) is 4.90 Å². The van der Waals surface area contributed by atoms with Gasteiger partial charge in [0.25, 0.3) is 0 Å². The second-order valence-corrected chi connectivity index (χ2v) is 8.72. The Bertz CT molecular complexity index is 687. The molecular weight excluding hydrogens is 362 g/mol. The van der Waals surface area contributed by atoms with Crippen LogP contribution in [0.15, 0.2) is 24.3 Å². The fraction of sp³-hybridized carbons (Fsp3) is 0.619. The predicted octanol–water partition coefficient (Wildman–Crippen LogP) is 3.17. The molecule has 2 fully saturated rings. The lowest BCUT2D eigenvalue weighted by atomic mass is 9.79. The van der Waals surface area contributed by atoms with Crippen LogP contribution in [0.4, 0.5) is 5.69 Å². The number of anilines is 1. The van der Waals surface area contributed by atoms with Crippen LogP contribution in [0.5, 0.6) is 0 Å². The van der Waals surface area contributed by atoms with Crippen molar-refractivity contribution in [1.29, 1.82) is 0 Å². The normalized spacial score (nSPS) is 24.9. The van der Waals surface area contributed by atoms with Gasteiger partial charge < -0.3 is 15.5 Å². The SMILES string of the molecule is CC(C)c1ccc(N2CCC(C(=O)N3CCC(N)C(C)(C)C3)C2=O)cc1.Cl. The van der Waals surface area contributed by atoms with Crippen LogP contribution in [0.3, 0.4) is 0 Å². The number of rotatable bonds is 3. The van der Waals surface area contributed by atoms with Crippen molar-refractivity contribution in [3.05, 3.63) is 29.8 Å². The number of hydrogen-bond donors (Lipinski definition) is 1. The third kappa shape index (κ3) is 4.30. The monoisotopic (exact) mass is 393 g/mol. The molecule has 2 aliphatic rings. The number of carbonyl (C=O) groups is 2. The number of halogens is 1. The molecule has 1 aromatic carbocycles. The minimum atomic E-state index is -0.551. The van der Waals surface area contributed by atoms with Gasteiger partial charge in [0.05, 0.1) is 0 Å². The summed E-state index contributed by atoms with van der Waals surface area (Å²) in [5, 5.41) is 0. The number of likely N-dealkylation sites (tertiary alicyclic amines) is 1. The van der Waals surface area contributed by atoms with E-state index >= 15 is 0 Å². The quantitative estimate of drug-likeness (QED) is 0.802. The van der Waals surface area contributed by atoms with Crippen LogP contribution in [0.2, 0.25) is 0 Å². The van der Waals surface area contributed by atoms with Gasteiger partial charge in [0.15, 0.2) is 0 Å². The second-order valence-electron chi connectivity index (χ2n) is 8.72. The van der Waals surface area contributed by atoms with Crippen molar-refractivity contribution in [3.8, 4) is 0 Å². The summed E-state index contributed by atoms with van der Waals surface area (Å²) in [5.74, 6) is -0.192. The largest absolute Gasteiger partial charge is 0.341 e. The van der Waals surface area contributed by atoms with Crippen LogP contribution in [0.25, 0.3) is 0 Å². The Morgan fingerprint density at radius 2 is 1.78 bits per heavy atom. The van der Waals surface area contributed by atoms with Gasteiger partial charge in [-0.3, -0.25) is 9.59 Å². The van der Waals surface area contributed by atoms with Crippen molar-refractivity contribution >= 4 is 29.9 Å².